The van der Waals surface area contributed by atoms with Crippen LogP contribution in [0.15, 0.2) is 21.4 Å². The van der Waals surface area contributed by atoms with Gasteiger partial charge in [0.25, 0.3) is 5.91 Å². The third-order valence-corrected chi connectivity index (χ3v) is 3.78. The predicted molar refractivity (Wildman–Crippen MR) is 69.2 cm³/mol. The van der Waals surface area contributed by atoms with Crippen LogP contribution in [-0.4, -0.2) is 36.3 Å². The van der Waals surface area contributed by atoms with Gasteiger partial charge in [0.2, 0.25) is 5.91 Å². The van der Waals surface area contributed by atoms with Gasteiger partial charge in [-0.3, -0.25) is 9.59 Å². The molecule has 0 radical (unpaired) electrons. The summed E-state index contributed by atoms with van der Waals surface area (Å²) in [4.78, 5) is 25.8. The van der Waals surface area contributed by atoms with E-state index in [1.165, 1.54) is 6.26 Å². The Kier molecular flexibility index (Phi) is 4.06. The molecule has 1 saturated heterocycles. The van der Waals surface area contributed by atoms with Crippen LogP contribution in [0.5, 0.6) is 0 Å². The molecule has 1 atom stereocenters. The van der Waals surface area contributed by atoms with Crippen molar-refractivity contribution in [2.75, 3.05) is 13.6 Å². The molecular formula is C12H15BrN2O3. The van der Waals surface area contributed by atoms with Crippen molar-refractivity contribution in [3.8, 4) is 0 Å². The molecule has 0 bridgehead atoms. The van der Waals surface area contributed by atoms with Crippen LogP contribution in [0.3, 0.4) is 0 Å². The molecule has 5 nitrogen and oxygen atoms in total. The van der Waals surface area contributed by atoms with Crippen molar-refractivity contribution in [3.05, 3.63) is 22.6 Å². The van der Waals surface area contributed by atoms with Gasteiger partial charge in [0.1, 0.15) is 6.04 Å². The molecule has 1 aliphatic rings. The first-order valence-electron chi connectivity index (χ1n) is 5.90. The molecule has 2 rings (SSSR count). The molecule has 1 fully saturated rings. The maximum Gasteiger partial charge on any atom is 0.259 e. The van der Waals surface area contributed by atoms with E-state index in [0.29, 0.717) is 23.2 Å². The molecule has 18 heavy (non-hydrogen) atoms. The summed E-state index contributed by atoms with van der Waals surface area (Å²) >= 11 is 3.19. The van der Waals surface area contributed by atoms with E-state index >= 15 is 0 Å². The van der Waals surface area contributed by atoms with Crippen molar-refractivity contribution in [1.29, 1.82) is 0 Å². The number of nitrogens with one attached hydrogen (secondary N) is 1. The lowest BCUT2D eigenvalue weighted by molar-refractivity contribution is -0.126. The van der Waals surface area contributed by atoms with Crippen LogP contribution in [-0.2, 0) is 4.79 Å². The standard InChI is InChI=1S/C12H15BrN2O3/c1-14-11(16)9-4-2-3-6-15(9)12(17)8-5-7-18-10(8)13/h5,7,9H,2-4,6H2,1H3,(H,14,16). The molecule has 2 amide bonds. The lowest BCUT2D eigenvalue weighted by atomic mass is 10.0. The summed E-state index contributed by atoms with van der Waals surface area (Å²) in [6.45, 7) is 0.606. The predicted octanol–water partition coefficient (Wildman–Crippen LogP) is 1.78. The van der Waals surface area contributed by atoms with Gasteiger partial charge in [-0.25, -0.2) is 0 Å². The van der Waals surface area contributed by atoms with Crippen molar-refractivity contribution < 1.29 is 14.0 Å². The van der Waals surface area contributed by atoms with Crippen molar-refractivity contribution in [1.82, 2.24) is 10.2 Å². The number of furan rings is 1. The topological polar surface area (TPSA) is 62.6 Å². The van der Waals surface area contributed by atoms with Gasteiger partial charge < -0.3 is 14.6 Å². The fourth-order valence-electron chi connectivity index (χ4n) is 2.21. The lowest BCUT2D eigenvalue weighted by Gasteiger charge is -2.34. The molecule has 1 unspecified atom stereocenters. The first kappa shape index (κ1) is 13.1. The zero-order valence-electron chi connectivity index (χ0n) is 10.1. The summed E-state index contributed by atoms with van der Waals surface area (Å²) < 4.78 is 5.48. The fourth-order valence-corrected chi connectivity index (χ4v) is 2.62. The quantitative estimate of drug-likeness (QED) is 0.905. The zero-order chi connectivity index (χ0) is 13.1. The molecule has 1 aromatic rings. The van der Waals surface area contributed by atoms with E-state index in [1.54, 1.807) is 18.0 Å². The maximum atomic E-state index is 12.4. The normalized spacial score (nSPS) is 19.7. The summed E-state index contributed by atoms with van der Waals surface area (Å²) in [5.74, 6) is -0.272. The second-order valence-corrected chi connectivity index (χ2v) is 4.95. The van der Waals surface area contributed by atoms with Crippen LogP contribution in [0.4, 0.5) is 0 Å². The van der Waals surface area contributed by atoms with E-state index in [2.05, 4.69) is 21.2 Å². The number of likely N-dealkylation sites (N-methyl/N-ethyl adjacent to an activating group) is 1. The molecule has 0 aliphatic carbocycles. The van der Waals surface area contributed by atoms with Crippen LogP contribution in [0, 0.1) is 0 Å². The second-order valence-electron chi connectivity index (χ2n) is 4.23. The van der Waals surface area contributed by atoms with E-state index < -0.39 is 0 Å². The molecule has 98 valence electrons. The Morgan fingerprint density at radius 3 is 2.89 bits per heavy atom. The number of amides is 2. The molecule has 2 heterocycles. The first-order chi connectivity index (χ1) is 8.65. The largest absolute Gasteiger partial charge is 0.457 e. The van der Waals surface area contributed by atoms with Crippen molar-refractivity contribution >= 4 is 27.7 Å². The van der Waals surface area contributed by atoms with Crippen LogP contribution in [0.2, 0.25) is 0 Å². The highest BCUT2D eigenvalue weighted by Gasteiger charge is 2.33. The Bertz CT molecular complexity index is 458. The Balaban J connectivity index is 2.21. The number of carbonyl (C=O) groups is 2. The van der Waals surface area contributed by atoms with E-state index in [4.69, 9.17) is 4.42 Å². The smallest absolute Gasteiger partial charge is 0.259 e. The molecule has 1 aliphatic heterocycles. The van der Waals surface area contributed by atoms with E-state index in [1.807, 2.05) is 0 Å². The number of hydrogen-bond donors (Lipinski definition) is 1. The molecular weight excluding hydrogens is 300 g/mol. The molecule has 1 N–H and O–H groups in total. The average Bonchev–Trinajstić information content (AvgIpc) is 2.83. The highest BCUT2D eigenvalue weighted by atomic mass is 79.9. The van der Waals surface area contributed by atoms with Crippen molar-refractivity contribution in [2.45, 2.75) is 25.3 Å². The summed E-state index contributed by atoms with van der Waals surface area (Å²) in [7, 11) is 1.59. The van der Waals surface area contributed by atoms with Gasteiger partial charge in [-0.1, -0.05) is 0 Å². The molecule has 0 saturated carbocycles. The van der Waals surface area contributed by atoms with Crippen LogP contribution in [0.25, 0.3) is 0 Å². The minimum absolute atomic E-state index is 0.109. The van der Waals surface area contributed by atoms with E-state index in [9.17, 15) is 9.59 Å². The molecule has 1 aromatic heterocycles. The Hall–Kier alpha value is -1.30. The third-order valence-electron chi connectivity index (χ3n) is 3.16. The number of hydrogen-bond acceptors (Lipinski definition) is 3. The Morgan fingerprint density at radius 1 is 1.50 bits per heavy atom. The highest BCUT2D eigenvalue weighted by Crippen LogP contribution is 2.24. The third kappa shape index (κ3) is 2.43. The molecule has 0 aromatic carbocycles. The lowest BCUT2D eigenvalue weighted by Crippen LogP contribution is -2.51. The van der Waals surface area contributed by atoms with Crippen molar-refractivity contribution in [2.24, 2.45) is 0 Å². The number of piperidine rings is 1. The minimum atomic E-state index is -0.377. The van der Waals surface area contributed by atoms with Crippen LogP contribution < -0.4 is 5.32 Å². The summed E-state index contributed by atoms with van der Waals surface area (Å²) in [6.07, 6.45) is 4.06. The molecule has 6 heteroatoms. The van der Waals surface area contributed by atoms with Gasteiger partial charge in [-0.05, 0) is 41.3 Å². The Morgan fingerprint density at radius 2 is 2.28 bits per heavy atom. The van der Waals surface area contributed by atoms with Crippen molar-refractivity contribution in [3.63, 3.8) is 0 Å². The summed E-state index contributed by atoms with van der Waals surface area (Å²) in [5.41, 5.74) is 0.464. The van der Waals surface area contributed by atoms with Gasteiger partial charge in [0.05, 0.1) is 11.8 Å². The monoisotopic (exact) mass is 314 g/mol. The number of rotatable bonds is 2. The minimum Gasteiger partial charge on any atom is -0.457 e. The van der Waals surface area contributed by atoms with Gasteiger partial charge in [0, 0.05) is 13.6 Å². The van der Waals surface area contributed by atoms with Crippen LogP contribution >= 0.6 is 15.9 Å². The van der Waals surface area contributed by atoms with E-state index in [-0.39, 0.29) is 17.9 Å². The van der Waals surface area contributed by atoms with Gasteiger partial charge in [-0.2, -0.15) is 0 Å². The number of likely N-dealkylation sites (tertiary alicyclic amines) is 1. The number of halogens is 1. The summed E-state index contributed by atoms with van der Waals surface area (Å²) in [6, 6.07) is 1.24. The highest BCUT2D eigenvalue weighted by molar-refractivity contribution is 9.10. The first-order valence-corrected chi connectivity index (χ1v) is 6.70. The summed E-state index contributed by atoms with van der Waals surface area (Å²) in [5, 5.41) is 2.61. The van der Waals surface area contributed by atoms with Crippen LogP contribution in [0.1, 0.15) is 29.6 Å². The molecule has 0 spiro atoms. The SMILES string of the molecule is CNC(=O)C1CCCCN1C(=O)c1ccoc1Br. The Labute approximate surface area is 114 Å². The van der Waals surface area contributed by atoms with Gasteiger partial charge >= 0.3 is 0 Å². The van der Waals surface area contributed by atoms with E-state index in [0.717, 1.165) is 12.8 Å². The second kappa shape index (κ2) is 5.56. The average molecular weight is 315 g/mol. The number of nitrogens with zero attached hydrogens (tertiary/aromatic N) is 1. The number of carbonyl (C=O) groups excluding carboxylic acids is 2. The fraction of sp³-hybridized carbons (Fsp3) is 0.500. The zero-order valence-corrected chi connectivity index (χ0v) is 11.7. The van der Waals surface area contributed by atoms with Gasteiger partial charge in [0.15, 0.2) is 4.67 Å². The maximum absolute atomic E-state index is 12.4. The van der Waals surface area contributed by atoms with Gasteiger partial charge in [-0.15, -0.1) is 0 Å².